The summed E-state index contributed by atoms with van der Waals surface area (Å²) in [6.07, 6.45) is 0.709. The number of halogens is 1. The Hall–Kier alpha value is -1.56. The van der Waals surface area contributed by atoms with Crippen molar-refractivity contribution in [3.05, 3.63) is 17.0 Å². The molecule has 7 heteroatoms. The number of carbonyl (C=O) groups excluding carboxylic acids is 1. The smallest absolute Gasteiger partial charge is 0.410 e. The van der Waals surface area contributed by atoms with Gasteiger partial charge in [-0.3, -0.25) is 0 Å². The third-order valence-electron chi connectivity index (χ3n) is 3.34. The van der Waals surface area contributed by atoms with E-state index in [9.17, 15) is 4.79 Å². The zero-order valence-corrected chi connectivity index (χ0v) is 14.3. The molecule has 1 fully saturated rings. The number of ether oxygens (including phenoxy) is 1. The molecule has 0 bridgehead atoms. The number of rotatable bonds is 3. The lowest BCUT2D eigenvalue weighted by Gasteiger charge is -2.24. The van der Waals surface area contributed by atoms with Crippen molar-refractivity contribution in [1.29, 1.82) is 0 Å². The van der Waals surface area contributed by atoms with Gasteiger partial charge >= 0.3 is 6.09 Å². The molecule has 0 radical (unpaired) electrons. The highest BCUT2D eigenvalue weighted by Crippen LogP contribution is 2.20. The summed E-state index contributed by atoms with van der Waals surface area (Å²) in [6, 6.07) is 1.85. The van der Waals surface area contributed by atoms with E-state index in [0.717, 1.165) is 25.2 Å². The molecule has 1 saturated heterocycles. The van der Waals surface area contributed by atoms with Crippen molar-refractivity contribution in [2.45, 2.75) is 39.7 Å². The van der Waals surface area contributed by atoms with Crippen LogP contribution in [-0.2, 0) is 4.74 Å². The molecule has 22 heavy (non-hydrogen) atoms. The molecule has 1 aromatic heterocycles. The number of hydrogen-bond acceptors (Lipinski definition) is 5. The number of aromatic nitrogens is 2. The minimum Gasteiger partial charge on any atom is -0.444 e. The third-order valence-corrected chi connectivity index (χ3v) is 3.51. The van der Waals surface area contributed by atoms with Crippen molar-refractivity contribution in [2.75, 3.05) is 25.0 Å². The summed E-state index contributed by atoms with van der Waals surface area (Å²) < 4.78 is 5.39. The summed E-state index contributed by atoms with van der Waals surface area (Å²) in [6.45, 7) is 9.67. The lowest BCUT2D eigenvalue weighted by atomic mass is 10.1. The van der Waals surface area contributed by atoms with Crippen LogP contribution in [0.3, 0.4) is 0 Å². The largest absolute Gasteiger partial charge is 0.444 e. The van der Waals surface area contributed by atoms with Gasteiger partial charge in [0, 0.05) is 31.4 Å². The average molecular weight is 327 g/mol. The van der Waals surface area contributed by atoms with E-state index < -0.39 is 5.60 Å². The molecular formula is C15H23ClN4O2. The molecular weight excluding hydrogens is 304 g/mol. The summed E-state index contributed by atoms with van der Waals surface area (Å²) >= 11 is 5.84. The average Bonchev–Trinajstić information content (AvgIpc) is 2.82. The van der Waals surface area contributed by atoms with Crippen LogP contribution in [0.5, 0.6) is 0 Å². The molecule has 2 rings (SSSR count). The standard InChI is InChI=1S/C15H23ClN4O2/c1-10-7-12(19-13(16)18-10)17-8-11-5-6-20(9-11)14(21)22-15(2,3)4/h7,11H,5-6,8-9H2,1-4H3,(H,17,18,19)/t11-/m0/s1. The van der Waals surface area contributed by atoms with Gasteiger partial charge in [-0.2, -0.15) is 0 Å². The highest BCUT2D eigenvalue weighted by molar-refractivity contribution is 6.28. The number of nitrogens with zero attached hydrogens (tertiary/aromatic N) is 3. The van der Waals surface area contributed by atoms with Crippen LogP contribution in [0, 0.1) is 12.8 Å². The van der Waals surface area contributed by atoms with Crippen molar-refractivity contribution in [1.82, 2.24) is 14.9 Å². The number of amides is 1. The van der Waals surface area contributed by atoms with Crippen LogP contribution in [0.4, 0.5) is 10.6 Å². The van der Waals surface area contributed by atoms with Gasteiger partial charge in [-0.15, -0.1) is 0 Å². The molecule has 0 aliphatic carbocycles. The molecule has 122 valence electrons. The second-order valence-corrected chi connectivity index (χ2v) is 6.96. The SMILES string of the molecule is Cc1cc(NC[C@@H]2CCN(C(=O)OC(C)(C)C)C2)nc(Cl)n1. The van der Waals surface area contributed by atoms with Crippen LogP contribution in [0.15, 0.2) is 6.07 Å². The molecule has 2 heterocycles. The fourth-order valence-electron chi connectivity index (χ4n) is 2.36. The zero-order chi connectivity index (χ0) is 16.3. The van der Waals surface area contributed by atoms with Gasteiger partial charge < -0.3 is 15.0 Å². The molecule has 1 aliphatic heterocycles. The Balaban J connectivity index is 1.82. The maximum atomic E-state index is 12.0. The minimum atomic E-state index is -0.456. The second-order valence-electron chi connectivity index (χ2n) is 6.63. The van der Waals surface area contributed by atoms with Gasteiger partial charge in [0.15, 0.2) is 0 Å². The van der Waals surface area contributed by atoms with Gasteiger partial charge in [-0.25, -0.2) is 14.8 Å². The van der Waals surface area contributed by atoms with E-state index in [2.05, 4.69) is 15.3 Å². The molecule has 0 aromatic carbocycles. The highest BCUT2D eigenvalue weighted by atomic mass is 35.5. The van der Waals surface area contributed by atoms with E-state index in [1.807, 2.05) is 33.8 Å². The number of likely N-dealkylation sites (tertiary alicyclic amines) is 1. The Kier molecular flexibility index (Phi) is 5.11. The van der Waals surface area contributed by atoms with Gasteiger partial charge in [0.05, 0.1) is 0 Å². The predicted octanol–water partition coefficient (Wildman–Crippen LogP) is 3.11. The molecule has 0 spiro atoms. The van der Waals surface area contributed by atoms with E-state index in [4.69, 9.17) is 16.3 Å². The molecule has 1 aromatic rings. The fraction of sp³-hybridized carbons (Fsp3) is 0.667. The van der Waals surface area contributed by atoms with Crippen LogP contribution in [0.1, 0.15) is 32.9 Å². The monoisotopic (exact) mass is 326 g/mol. The van der Waals surface area contributed by atoms with E-state index in [1.165, 1.54) is 0 Å². The van der Waals surface area contributed by atoms with Gasteiger partial charge in [0.1, 0.15) is 11.4 Å². The van der Waals surface area contributed by atoms with E-state index in [1.54, 1.807) is 4.90 Å². The molecule has 1 amide bonds. The van der Waals surface area contributed by atoms with Crippen molar-refractivity contribution in [2.24, 2.45) is 5.92 Å². The molecule has 1 N–H and O–H groups in total. The Labute approximate surface area is 136 Å². The Bertz CT molecular complexity index is 525. The first-order chi connectivity index (χ1) is 10.2. The maximum Gasteiger partial charge on any atom is 0.410 e. The van der Waals surface area contributed by atoms with Crippen LogP contribution >= 0.6 is 11.6 Å². The summed E-state index contributed by atoms with van der Waals surface area (Å²) in [4.78, 5) is 21.9. The van der Waals surface area contributed by atoms with Crippen molar-refractivity contribution >= 4 is 23.5 Å². The second kappa shape index (κ2) is 6.69. The lowest BCUT2D eigenvalue weighted by Crippen LogP contribution is -2.35. The number of carbonyl (C=O) groups is 1. The molecule has 0 saturated carbocycles. The van der Waals surface area contributed by atoms with Gasteiger partial charge in [0.2, 0.25) is 5.28 Å². The molecule has 1 atom stereocenters. The lowest BCUT2D eigenvalue weighted by molar-refractivity contribution is 0.0289. The van der Waals surface area contributed by atoms with Gasteiger partial charge in [-0.1, -0.05) is 0 Å². The fourth-order valence-corrected chi connectivity index (χ4v) is 2.59. The predicted molar refractivity (Wildman–Crippen MR) is 86.2 cm³/mol. The third kappa shape index (κ3) is 5.02. The maximum absolute atomic E-state index is 12.0. The van der Waals surface area contributed by atoms with Crippen LogP contribution in [0.25, 0.3) is 0 Å². The first kappa shape index (κ1) is 16.8. The number of aryl methyl sites for hydroxylation is 1. The van der Waals surface area contributed by atoms with Gasteiger partial charge in [-0.05, 0) is 51.6 Å². The summed E-state index contributed by atoms with van der Waals surface area (Å²) in [5.74, 6) is 1.09. The highest BCUT2D eigenvalue weighted by Gasteiger charge is 2.29. The van der Waals surface area contributed by atoms with E-state index >= 15 is 0 Å². The number of anilines is 1. The van der Waals surface area contributed by atoms with Crippen molar-refractivity contribution in [3.63, 3.8) is 0 Å². The summed E-state index contributed by atoms with van der Waals surface area (Å²) in [7, 11) is 0. The van der Waals surface area contributed by atoms with Crippen LogP contribution in [0.2, 0.25) is 5.28 Å². The quantitative estimate of drug-likeness (QED) is 0.864. The van der Waals surface area contributed by atoms with Crippen LogP contribution in [-0.4, -0.2) is 46.2 Å². The summed E-state index contributed by atoms with van der Waals surface area (Å²) in [5, 5.41) is 3.50. The number of nitrogens with one attached hydrogen (secondary N) is 1. The Morgan fingerprint density at radius 2 is 2.23 bits per heavy atom. The first-order valence-corrected chi connectivity index (χ1v) is 7.84. The topological polar surface area (TPSA) is 67.4 Å². The Morgan fingerprint density at radius 1 is 1.50 bits per heavy atom. The summed E-state index contributed by atoms with van der Waals surface area (Å²) in [5.41, 5.74) is 0.368. The van der Waals surface area contributed by atoms with E-state index in [-0.39, 0.29) is 11.4 Å². The molecule has 6 nitrogen and oxygen atoms in total. The van der Waals surface area contributed by atoms with Gasteiger partial charge in [0.25, 0.3) is 0 Å². The van der Waals surface area contributed by atoms with Crippen molar-refractivity contribution < 1.29 is 9.53 Å². The minimum absolute atomic E-state index is 0.240. The van der Waals surface area contributed by atoms with Crippen LogP contribution < -0.4 is 5.32 Å². The zero-order valence-electron chi connectivity index (χ0n) is 13.5. The Morgan fingerprint density at radius 3 is 2.86 bits per heavy atom. The van der Waals surface area contributed by atoms with Crippen molar-refractivity contribution in [3.8, 4) is 0 Å². The number of hydrogen-bond donors (Lipinski definition) is 1. The molecule has 1 aliphatic rings. The van der Waals surface area contributed by atoms with E-state index in [0.29, 0.717) is 18.3 Å². The molecule has 0 unspecified atom stereocenters. The first-order valence-electron chi connectivity index (χ1n) is 7.46. The normalized spacial score (nSPS) is 18.4.